The number of carbonyl (C=O) groups excluding carboxylic acids is 1. The molecule has 0 aromatic heterocycles. The number of benzene rings is 2. The van der Waals surface area contributed by atoms with Crippen molar-refractivity contribution in [2.24, 2.45) is 0 Å². The number of nitrogens with one attached hydrogen (secondary N) is 1. The van der Waals surface area contributed by atoms with Crippen LogP contribution in [0.4, 0.5) is 5.69 Å². The molecule has 2 aromatic carbocycles. The molecule has 0 spiro atoms. The molecule has 25 heavy (non-hydrogen) atoms. The van der Waals surface area contributed by atoms with Crippen LogP contribution in [-0.2, 0) is 4.79 Å². The summed E-state index contributed by atoms with van der Waals surface area (Å²) in [5, 5.41) is 3.57. The molecular weight excluding hydrogens is 336 g/mol. The lowest BCUT2D eigenvalue weighted by atomic mass is 10.1. The highest BCUT2D eigenvalue weighted by molar-refractivity contribution is 6.30. The highest BCUT2D eigenvalue weighted by Gasteiger charge is 2.29. The van der Waals surface area contributed by atoms with E-state index in [-0.39, 0.29) is 5.91 Å². The van der Waals surface area contributed by atoms with Crippen LogP contribution in [0.1, 0.15) is 19.4 Å². The number of aryl methyl sites for hydroxylation is 1. The number of carbonyl (C=O) groups is 1. The molecule has 1 N–H and O–H groups in total. The topological polar surface area (TPSA) is 41.6 Å². The summed E-state index contributed by atoms with van der Waals surface area (Å²) < 4.78 is 5.79. The first-order chi connectivity index (χ1) is 11.8. The van der Waals surface area contributed by atoms with Crippen LogP contribution in [0.25, 0.3) is 0 Å². The van der Waals surface area contributed by atoms with E-state index in [0.717, 1.165) is 5.69 Å². The third-order valence-electron chi connectivity index (χ3n) is 3.94. The summed E-state index contributed by atoms with van der Waals surface area (Å²) in [5.41, 5.74) is 1.39. The lowest BCUT2D eigenvalue weighted by Crippen LogP contribution is -2.48. The number of hydrogen-bond donors (Lipinski definition) is 1. The Morgan fingerprint density at radius 1 is 1.12 bits per heavy atom. The second-order valence-corrected chi connectivity index (χ2v) is 7.02. The first-order valence-corrected chi connectivity index (χ1v) is 8.66. The fourth-order valence-corrected chi connectivity index (χ4v) is 2.45. The Hall–Kier alpha value is -2.20. The minimum atomic E-state index is -0.962. The molecule has 0 radical (unpaired) electrons. The monoisotopic (exact) mass is 360 g/mol. The summed E-state index contributed by atoms with van der Waals surface area (Å²) in [6.45, 7) is 6.82. The molecular formula is C20H25ClN2O2. The smallest absolute Gasteiger partial charge is 0.263 e. The first-order valence-electron chi connectivity index (χ1n) is 8.28. The zero-order valence-electron chi connectivity index (χ0n) is 15.2. The molecule has 0 atom stereocenters. The number of nitrogens with zero attached hydrogens (tertiary/aromatic N) is 1. The van der Waals surface area contributed by atoms with Crippen LogP contribution in [-0.4, -0.2) is 31.6 Å². The zero-order valence-corrected chi connectivity index (χ0v) is 15.9. The Morgan fingerprint density at radius 2 is 1.72 bits per heavy atom. The second kappa shape index (κ2) is 8.26. The molecule has 2 aromatic rings. The lowest BCUT2D eigenvalue weighted by molar-refractivity contribution is -0.134. The molecule has 5 heteroatoms. The highest BCUT2D eigenvalue weighted by Crippen LogP contribution is 2.21. The summed E-state index contributed by atoms with van der Waals surface area (Å²) in [5.74, 6) is 0.459. The summed E-state index contributed by atoms with van der Waals surface area (Å²) in [4.78, 5) is 14.5. The maximum Gasteiger partial charge on any atom is 0.263 e. The molecule has 1 amide bonds. The van der Waals surface area contributed by atoms with Crippen LogP contribution in [0.5, 0.6) is 5.75 Å². The first kappa shape index (κ1) is 19.1. The zero-order chi connectivity index (χ0) is 18.4. The largest absolute Gasteiger partial charge is 0.478 e. The normalized spacial score (nSPS) is 11.1. The van der Waals surface area contributed by atoms with Gasteiger partial charge in [-0.1, -0.05) is 29.3 Å². The highest BCUT2D eigenvalue weighted by atomic mass is 35.5. The van der Waals surface area contributed by atoms with Gasteiger partial charge >= 0.3 is 0 Å². The summed E-state index contributed by atoms with van der Waals surface area (Å²) in [6, 6.07) is 15.3. The average Bonchev–Trinajstić information content (AvgIpc) is 2.57. The molecule has 4 nitrogen and oxygen atoms in total. The Kier molecular flexibility index (Phi) is 6.32. The minimum absolute atomic E-state index is 0.153. The molecule has 0 fully saturated rings. The van der Waals surface area contributed by atoms with E-state index in [1.165, 1.54) is 5.56 Å². The van der Waals surface area contributed by atoms with E-state index >= 15 is 0 Å². The number of amides is 1. The third kappa shape index (κ3) is 5.68. The Bertz CT molecular complexity index is 697. The number of ether oxygens (including phenoxy) is 1. The van der Waals surface area contributed by atoms with Gasteiger partial charge in [-0.25, -0.2) is 0 Å². The number of halogens is 1. The van der Waals surface area contributed by atoms with Gasteiger partial charge < -0.3 is 15.0 Å². The van der Waals surface area contributed by atoms with Gasteiger partial charge in [-0.2, -0.15) is 0 Å². The van der Waals surface area contributed by atoms with Gasteiger partial charge in [0.15, 0.2) is 5.60 Å². The van der Waals surface area contributed by atoms with E-state index in [2.05, 4.69) is 41.4 Å². The van der Waals surface area contributed by atoms with Gasteiger partial charge in [0, 0.05) is 30.8 Å². The fraction of sp³-hybridized carbons (Fsp3) is 0.350. The number of hydrogen-bond acceptors (Lipinski definition) is 3. The molecule has 0 unspecified atom stereocenters. The number of rotatable bonds is 7. The number of anilines is 1. The molecule has 134 valence electrons. The van der Waals surface area contributed by atoms with E-state index in [9.17, 15) is 4.79 Å². The molecule has 0 aliphatic rings. The van der Waals surface area contributed by atoms with E-state index in [1.807, 2.05) is 7.05 Å². The molecule has 0 bridgehead atoms. The standard InChI is InChI=1S/C20H25ClN2O2/c1-15-5-9-17(10-6-15)23(4)14-13-22-19(24)20(2,3)25-18-11-7-16(21)8-12-18/h5-12H,13-14H2,1-4H3,(H,22,24). The van der Waals surface area contributed by atoms with Gasteiger partial charge in [0.1, 0.15) is 5.75 Å². The van der Waals surface area contributed by atoms with Crippen molar-refractivity contribution in [2.75, 3.05) is 25.0 Å². The second-order valence-electron chi connectivity index (χ2n) is 6.58. The van der Waals surface area contributed by atoms with Crippen LogP contribution < -0.4 is 15.0 Å². The Labute approximate surface area is 154 Å². The summed E-state index contributed by atoms with van der Waals surface area (Å²) in [7, 11) is 2.01. The van der Waals surface area contributed by atoms with Gasteiger partial charge in [-0.15, -0.1) is 0 Å². The van der Waals surface area contributed by atoms with Crippen molar-refractivity contribution in [1.29, 1.82) is 0 Å². The van der Waals surface area contributed by atoms with Gasteiger partial charge in [-0.05, 0) is 57.2 Å². The van der Waals surface area contributed by atoms with Crippen LogP contribution >= 0.6 is 11.6 Å². The van der Waals surface area contributed by atoms with Gasteiger partial charge in [0.25, 0.3) is 5.91 Å². The quantitative estimate of drug-likeness (QED) is 0.809. The average molecular weight is 361 g/mol. The van der Waals surface area contributed by atoms with Crippen LogP contribution in [0.3, 0.4) is 0 Å². The fourth-order valence-electron chi connectivity index (χ4n) is 2.32. The molecule has 2 rings (SSSR count). The van der Waals surface area contributed by atoms with Crippen molar-refractivity contribution in [3.8, 4) is 5.75 Å². The van der Waals surface area contributed by atoms with Crippen LogP contribution in [0.2, 0.25) is 5.02 Å². The molecule has 0 aliphatic carbocycles. The maximum atomic E-state index is 12.4. The van der Waals surface area contributed by atoms with Crippen molar-refractivity contribution in [3.63, 3.8) is 0 Å². The minimum Gasteiger partial charge on any atom is -0.478 e. The van der Waals surface area contributed by atoms with Crippen molar-refractivity contribution < 1.29 is 9.53 Å². The van der Waals surface area contributed by atoms with E-state index in [4.69, 9.17) is 16.3 Å². The predicted octanol–water partition coefficient (Wildman–Crippen LogP) is 4.06. The van der Waals surface area contributed by atoms with Crippen LogP contribution in [0, 0.1) is 6.92 Å². The number of likely N-dealkylation sites (N-methyl/N-ethyl adjacent to an activating group) is 1. The van der Waals surface area contributed by atoms with Crippen molar-refractivity contribution in [1.82, 2.24) is 5.32 Å². The summed E-state index contributed by atoms with van der Waals surface area (Å²) >= 11 is 5.86. The van der Waals surface area contributed by atoms with Crippen molar-refractivity contribution in [2.45, 2.75) is 26.4 Å². The lowest BCUT2D eigenvalue weighted by Gasteiger charge is -2.26. The van der Waals surface area contributed by atoms with Crippen molar-refractivity contribution in [3.05, 3.63) is 59.1 Å². The Morgan fingerprint density at radius 3 is 2.32 bits per heavy atom. The van der Waals surface area contributed by atoms with E-state index in [0.29, 0.717) is 23.9 Å². The Balaban J connectivity index is 1.83. The van der Waals surface area contributed by atoms with Crippen LogP contribution in [0.15, 0.2) is 48.5 Å². The van der Waals surface area contributed by atoms with E-state index < -0.39 is 5.60 Å². The van der Waals surface area contributed by atoms with E-state index in [1.54, 1.807) is 38.1 Å². The van der Waals surface area contributed by atoms with Gasteiger partial charge in [0.05, 0.1) is 0 Å². The predicted molar refractivity (Wildman–Crippen MR) is 104 cm³/mol. The molecule has 0 saturated heterocycles. The molecule has 0 heterocycles. The van der Waals surface area contributed by atoms with Gasteiger partial charge in [-0.3, -0.25) is 4.79 Å². The third-order valence-corrected chi connectivity index (χ3v) is 4.19. The summed E-state index contributed by atoms with van der Waals surface area (Å²) in [6.07, 6.45) is 0. The van der Waals surface area contributed by atoms with Gasteiger partial charge in [0.2, 0.25) is 0 Å². The SMILES string of the molecule is Cc1ccc(N(C)CCNC(=O)C(C)(C)Oc2ccc(Cl)cc2)cc1. The maximum absolute atomic E-state index is 12.4. The molecule has 0 saturated carbocycles. The molecule has 0 aliphatic heterocycles. The van der Waals surface area contributed by atoms with Crippen molar-refractivity contribution >= 4 is 23.2 Å².